The molecule has 0 radical (unpaired) electrons. The van der Waals surface area contributed by atoms with Crippen molar-refractivity contribution in [3.8, 4) is 0 Å². The van der Waals surface area contributed by atoms with Gasteiger partial charge in [-0.05, 0) is 43.0 Å². The summed E-state index contributed by atoms with van der Waals surface area (Å²) in [5, 5.41) is 2.64. The molecule has 31 heavy (non-hydrogen) atoms. The van der Waals surface area contributed by atoms with Gasteiger partial charge in [-0.15, -0.1) is 0 Å². The molecule has 0 bridgehead atoms. The Kier molecular flexibility index (Phi) is 7.99. The smallest absolute Gasteiger partial charge is 0.340 e. The van der Waals surface area contributed by atoms with Crippen LogP contribution < -0.4 is 5.32 Å². The summed E-state index contributed by atoms with van der Waals surface area (Å²) in [5.41, 5.74) is 0.333. The molecule has 2 fully saturated rings. The third-order valence-corrected chi connectivity index (χ3v) is 7.38. The van der Waals surface area contributed by atoms with E-state index in [1.165, 1.54) is 31.4 Å². The van der Waals surface area contributed by atoms with E-state index in [9.17, 15) is 26.8 Å². The molecule has 2 amide bonds. The Morgan fingerprint density at radius 2 is 1.61 bits per heavy atom. The number of benzene rings is 1. The number of halogens is 2. The first kappa shape index (κ1) is 23.6. The van der Waals surface area contributed by atoms with Crippen LogP contribution in [-0.2, 0) is 19.4 Å². The number of sulfone groups is 1. The van der Waals surface area contributed by atoms with Crippen molar-refractivity contribution in [2.75, 3.05) is 38.0 Å². The highest BCUT2D eigenvalue weighted by atomic mass is 32.2. The average Bonchev–Trinajstić information content (AvgIpc) is 2.75. The van der Waals surface area contributed by atoms with Gasteiger partial charge in [-0.2, -0.15) is 8.78 Å². The summed E-state index contributed by atoms with van der Waals surface area (Å²) in [6.45, 7) is 2.55. The number of amides is 2. The first-order chi connectivity index (χ1) is 14.8. The Hall–Kier alpha value is -2.07. The molecule has 1 aliphatic heterocycles. The summed E-state index contributed by atoms with van der Waals surface area (Å²) in [7, 11) is -4.65. The molecule has 3 rings (SSSR count). The van der Waals surface area contributed by atoms with Gasteiger partial charge >= 0.3 is 5.76 Å². The molecular weight excluding hydrogens is 428 g/mol. The summed E-state index contributed by atoms with van der Waals surface area (Å²) >= 11 is 0. The van der Waals surface area contributed by atoms with Gasteiger partial charge in [-0.3, -0.25) is 14.5 Å². The Bertz CT molecular complexity index is 863. The van der Waals surface area contributed by atoms with Crippen LogP contribution in [0.15, 0.2) is 29.2 Å². The molecule has 172 valence electrons. The number of piperazine rings is 1. The third kappa shape index (κ3) is 6.46. The number of hydrogen-bond donors (Lipinski definition) is 1. The molecule has 1 aromatic rings. The van der Waals surface area contributed by atoms with Crippen LogP contribution in [0.1, 0.15) is 38.5 Å². The van der Waals surface area contributed by atoms with Crippen molar-refractivity contribution in [3.63, 3.8) is 0 Å². The predicted molar refractivity (Wildman–Crippen MR) is 112 cm³/mol. The monoisotopic (exact) mass is 457 g/mol. The molecule has 10 heteroatoms. The lowest BCUT2D eigenvalue weighted by atomic mass is 9.86. The normalized spacial score (nSPS) is 18.9. The second-order valence-corrected chi connectivity index (χ2v) is 10.2. The zero-order valence-corrected chi connectivity index (χ0v) is 18.3. The zero-order chi connectivity index (χ0) is 22.4. The van der Waals surface area contributed by atoms with E-state index in [2.05, 4.69) is 5.32 Å². The van der Waals surface area contributed by atoms with Crippen LogP contribution >= 0.6 is 0 Å². The molecule has 2 aliphatic rings. The fourth-order valence-corrected chi connectivity index (χ4v) is 4.88. The molecule has 0 atom stereocenters. The lowest BCUT2D eigenvalue weighted by Gasteiger charge is -2.35. The lowest BCUT2D eigenvalue weighted by Crippen LogP contribution is -2.50. The quantitative estimate of drug-likeness (QED) is 0.680. The number of anilines is 1. The Morgan fingerprint density at radius 3 is 2.19 bits per heavy atom. The van der Waals surface area contributed by atoms with E-state index in [-0.39, 0.29) is 18.4 Å². The van der Waals surface area contributed by atoms with Crippen LogP contribution in [0.5, 0.6) is 0 Å². The number of alkyl halides is 2. The highest BCUT2D eigenvalue weighted by Crippen LogP contribution is 2.27. The highest BCUT2D eigenvalue weighted by Gasteiger charge is 2.27. The Balaban J connectivity index is 1.42. The van der Waals surface area contributed by atoms with Crippen LogP contribution in [0.4, 0.5) is 14.5 Å². The van der Waals surface area contributed by atoms with E-state index in [1.54, 1.807) is 0 Å². The maximum Gasteiger partial charge on any atom is 0.341 e. The molecule has 0 spiro atoms. The minimum atomic E-state index is -4.65. The topological polar surface area (TPSA) is 86.8 Å². The fourth-order valence-electron chi connectivity index (χ4n) is 4.16. The second kappa shape index (κ2) is 10.5. The first-order valence-electron chi connectivity index (χ1n) is 10.7. The minimum Gasteiger partial charge on any atom is -0.340 e. The van der Waals surface area contributed by atoms with Gasteiger partial charge in [0.25, 0.3) is 0 Å². The van der Waals surface area contributed by atoms with Gasteiger partial charge in [0.15, 0.2) is 0 Å². The molecular formula is C21H29F2N3O4S. The molecule has 1 saturated carbocycles. The number of carbonyl (C=O) groups is 2. The highest BCUT2D eigenvalue weighted by molar-refractivity contribution is 7.91. The van der Waals surface area contributed by atoms with Gasteiger partial charge in [0, 0.05) is 38.3 Å². The van der Waals surface area contributed by atoms with Gasteiger partial charge in [0.05, 0.1) is 11.4 Å². The van der Waals surface area contributed by atoms with E-state index >= 15 is 0 Å². The van der Waals surface area contributed by atoms with E-state index in [0.717, 1.165) is 25.0 Å². The molecule has 1 heterocycles. The van der Waals surface area contributed by atoms with Gasteiger partial charge in [0.1, 0.15) is 0 Å². The van der Waals surface area contributed by atoms with Crippen molar-refractivity contribution in [3.05, 3.63) is 24.3 Å². The van der Waals surface area contributed by atoms with Crippen LogP contribution in [0.2, 0.25) is 0 Å². The van der Waals surface area contributed by atoms with Crippen molar-refractivity contribution in [2.24, 2.45) is 5.92 Å². The Morgan fingerprint density at radius 1 is 1.00 bits per heavy atom. The fraction of sp³-hybridized carbons (Fsp3) is 0.619. The molecule has 0 aromatic heterocycles. The van der Waals surface area contributed by atoms with Gasteiger partial charge < -0.3 is 10.2 Å². The molecule has 1 saturated heterocycles. The van der Waals surface area contributed by atoms with Crippen molar-refractivity contribution in [1.29, 1.82) is 0 Å². The van der Waals surface area contributed by atoms with E-state index in [1.807, 2.05) is 9.80 Å². The van der Waals surface area contributed by atoms with Crippen molar-refractivity contribution in [2.45, 2.75) is 49.2 Å². The standard InChI is InChI=1S/C21H29F2N3O4S/c22-21(23)31(29,30)18-8-6-17(7-9-18)24-19(27)15-25-10-12-26(13-11-25)20(28)14-16-4-2-1-3-5-16/h6-9,16,21H,1-5,10-15H2,(H,24,27). The Labute approximate surface area is 181 Å². The third-order valence-electron chi connectivity index (χ3n) is 5.98. The molecule has 7 nitrogen and oxygen atoms in total. The second-order valence-electron chi connectivity index (χ2n) is 8.24. The summed E-state index contributed by atoms with van der Waals surface area (Å²) < 4.78 is 48.0. The number of carbonyl (C=O) groups excluding carboxylic acids is 2. The van der Waals surface area contributed by atoms with Crippen LogP contribution in [0.3, 0.4) is 0 Å². The maximum atomic E-state index is 12.6. The predicted octanol–water partition coefficient (Wildman–Crippen LogP) is 2.74. The van der Waals surface area contributed by atoms with E-state index < -0.39 is 20.5 Å². The number of nitrogens with one attached hydrogen (secondary N) is 1. The van der Waals surface area contributed by atoms with Crippen molar-refractivity contribution in [1.82, 2.24) is 9.80 Å². The summed E-state index contributed by atoms with van der Waals surface area (Å²) in [5.74, 6) is -3.06. The first-order valence-corrected chi connectivity index (χ1v) is 12.2. The van der Waals surface area contributed by atoms with Crippen molar-refractivity contribution < 1.29 is 26.8 Å². The molecule has 1 aromatic carbocycles. The van der Waals surface area contributed by atoms with Crippen LogP contribution in [-0.4, -0.2) is 68.5 Å². The SMILES string of the molecule is O=C(CN1CCN(C(=O)CC2CCCCC2)CC1)Nc1ccc(S(=O)(=O)C(F)F)cc1. The number of nitrogens with zero attached hydrogens (tertiary/aromatic N) is 2. The van der Waals surface area contributed by atoms with Gasteiger partial charge in [0.2, 0.25) is 21.7 Å². The average molecular weight is 458 g/mol. The number of rotatable bonds is 7. The summed E-state index contributed by atoms with van der Waals surface area (Å²) in [4.78, 5) is 28.1. The zero-order valence-electron chi connectivity index (χ0n) is 17.4. The van der Waals surface area contributed by atoms with Crippen LogP contribution in [0, 0.1) is 5.92 Å². The molecule has 1 N–H and O–H groups in total. The minimum absolute atomic E-state index is 0.141. The summed E-state index contributed by atoms with van der Waals surface area (Å²) in [6.07, 6.45) is 6.60. The van der Waals surface area contributed by atoms with Gasteiger partial charge in [-0.1, -0.05) is 19.3 Å². The molecule has 1 aliphatic carbocycles. The summed E-state index contributed by atoms with van der Waals surface area (Å²) in [6, 6.07) is 4.67. The van der Waals surface area contributed by atoms with Crippen LogP contribution in [0.25, 0.3) is 0 Å². The van der Waals surface area contributed by atoms with Gasteiger partial charge in [-0.25, -0.2) is 8.42 Å². The van der Waals surface area contributed by atoms with E-state index in [4.69, 9.17) is 0 Å². The number of hydrogen-bond acceptors (Lipinski definition) is 5. The molecule has 0 unspecified atom stereocenters. The largest absolute Gasteiger partial charge is 0.341 e. The van der Waals surface area contributed by atoms with E-state index in [0.29, 0.717) is 44.2 Å². The maximum absolute atomic E-state index is 12.6. The lowest BCUT2D eigenvalue weighted by molar-refractivity contribution is -0.134. The van der Waals surface area contributed by atoms with Crippen molar-refractivity contribution >= 4 is 27.3 Å².